The first-order valence-electron chi connectivity index (χ1n) is 5.78. The maximum absolute atomic E-state index is 6.13. The first-order chi connectivity index (χ1) is 9.17. The predicted octanol–water partition coefficient (Wildman–Crippen LogP) is 0.885. The van der Waals surface area contributed by atoms with Crippen LogP contribution in [0.25, 0.3) is 11.3 Å². The van der Waals surface area contributed by atoms with Crippen molar-refractivity contribution in [2.75, 3.05) is 0 Å². The number of nitrogens with one attached hydrogen (secondary N) is 1. The van der Waals surface area contributed by atoms with E-state index in [0.717, 1.165) is 5.56 Å². The van der Waals surface area contributed by atoms with Crippen LogP contribution < -0.4 is 16.8 Å². The second-order valence-electron chi connectivity index (χ2n) is 4.24. The first kappa shape index (κ1) is 11.5. The van der Waals surface area contributed by atoms with E-state index in [9.17, 15) is 0 Å². The molecule has 2 aromatic rings. The second kappa shape index (κ2) is 4.25. The minimum atomic E-state index is -1.12. The van der Waals surface area contributed by atoms with E-state index in [1.165, 1.54) is 0 Å². The van der Waals surface area contributed by atoms with Gasteiger partial charge >= 0.3 is 0 Å². The molecule has 6 heteroatoms. The summed E-state index contributed by atoms with van der Waals surface area (Å²) in [5.41, 5.74) is 12.3. The van der Waals surface area contributed by atoms with Crippen LogP contribution in [0, 0.1) is 0 Å². The zero-order chi connectivity index (χ0) is 13.3. The van der Waals surface area contributed by atoms with E-state index in [-0.39, 0.29) is 5.96 Å². The monoisotopic (exact) mass is 255 g/mol. The molecule has 0 spiro atoms. The van der Waals surface area contributed by atoms with Crippen LogP contribution in [0.3, 0.4) is 0 Å². The fraction of sp³-hybridized carbons (Fsp3) is 0.0769. The molecule has 1 unspecified atom stereocenters. The van der Waals surface area contributed by atoms with Gasteiger partial charge < -0.3 is 15.6 Å². The van der Waals surface area contributed by atoms with E-state index in [1.807, 2.05) is 30.3 Å². The van der Waals surface area contributed by atoms with Gasteiger partial charge in [0.1, 0.15) is 5.69 Å². The smallest absolute Gasteiger partial charge is 0.195 e. The average Bonchev–Trinajstić information content (AvgIpc) is 2.90. The lowest BCUT2D eigenvalue weighted by Gasteiger charge is -2.21. The zero-order valence-corrected chi connectivity index (χ0v) is 10.1. The third-order valence-electron chi connectivity index (χ3n) is 2.85. The van der Waals surface area contributed by atoms with Gasteiger partial charge in [-0.3, -0.25) is 5.73 Å². The molecule has 0 fully saturated rings. The molecule has 1 aromatic heterocycles. The van der Waals surface area contributed by atoms with Gasteiger partial charge in [-0.25, -0.2) is 4.99 Å². The Kier molecular flexibility index (Phi) is 2.57. The van der Waals surface area contributed by atoms with Crippen LogP contribution in [-0.4, -0.2) is 11.1 Å². The van der Waals surface area contributed by atoms with Gasteiger partial charge in [-0.1, -0.05) is 35.5 Å². The van der Waals surface area contributed by atoms with Gasteiger partial charge in [-0.05, 0) is 6.08 Å². The highest BCUT2D eigenvalue weighted by Gasteiger charge is 2.31. The second-order valence-corrected chi connectivity index (χ2v) is 4.24. The number of aliphatic imine (C=N–C) groups is 1. The van der Waals surface area contributed by atoms with Crippen molar-refractivity contribution in [1.29, 1.82) is 0 Å². The van der Waals surface area contributed by atoms with Crippen molar-refractivity contribution < 1.29 is 4.52 Å². The van der Waals surface area contributed by atoms with E-state index >= 15 is 0 Å². The molecule has 1 aliphatic rings. The van der Waals surface area contributed by atoms with Crippen LogP contribution in [-0.2, 0) is 5.66 Å². The Balaban J connectivity index is 1.98. The first-order valence-corrected chi connectivity index (χ1v) is 5.78. The van der Waals surface area contributed by atoms with Crippen molar-refractivity contribution in [1.82, 2.24) is 10.5 Å². The molecule has 1 atom stereocenters. The number of guanidine groups is 1. The summed E-state index contributed by atoms with van der Waals surface area (Å²) >= 11 is 0. The summed E-state index contributed by atoms with van der Waals surface area (Å²) in [7, 11) is 0. The van der Waals surface area contributed by atoms with E-state index in [1.54, 1.807) is 18.3 Å². The molecule has 0 bridgehead atoms. The van der Waals surface area contributed by atoms with Crippen LogP contribution in [0.2, 0.25) is 0 Å². The van der Waals surface area contributed by atoms with E-state index in [0.29, 0.717) is 11.5 Å². The van der Waals surface area contributed by atoms with Crippen LogP contribution in [0.1, 0.15) is 5.76 Å². The highest BCUT2D eigenvalue weighted by molar-refractivity contribution is 5.80. The summed E-state index contributed by atoms with van der Waals surface area (Å²) in [4.78, 5) is 4.13. The minimum absolute atomic E-state index is 0.239. The Hall–Kier alpha value is -2.60. The molecular formula is C13H13N5O. The largest absolute Gasteiger partial charge is 0.370 e. The van der Waals surface area contributed by atoms with E-state index < -0.39 is 5.66 Å². The Labute approximate surface area is 109 Å². The maximum Gasteiger partial charge on any atom is 0.195 e. The lowest BCUT2D eigenvalue weighted by Crippen LogP contribution is -2.42. The van der Waals surface area contributed by atoms with Gasteiger partial charge in [0.2, 0.25) is 0 Å². The maximum atomic E-state index is 6.13. The Morgan fingerprint density at radius 3 is 2.74 bits per heavy atom. The molecule has 3 rings (SSSR count). The molecule has 0 amide bonds. The van der Waals surface area contributed by atoms with Gasteiger partial charge in [-0.2, -0.15) is 0 Å². The highest BCUT2D eigenvalue weighted by atomic mass is 16.5. The fourth-order valence-corrected chi connectivity index (χ4v) is 1.87. The van der Waals surface area contributed by atoms with Crippen molar-refractivity contribution in [2.45, 2.75) is 5.66 Å². The molecule has 0 radical (unpaired) electrons. The average molecular weight is 255 g/mol. The van der Waals surface area contributed by atoms with Crippen LogP contribution in [0.4, 0.5) is 0 Å². The van der Waals surface area contributed by atoms with Crippen molar-refractivity contribution in [3.63, 3.8) is 0 Å². The van der Waals surface area contributed by atoms with Crippen LogP contribution >= 0.6 is 0 Å². The number of rotatable bonds is 2. The summed E-state index contributed by atoms with van der Waals surface area (Å²) in [6.45, 7) is 0. The lowest BCUT2D eigenvalue weighted by atomic mass is 10.1. The van der Waals surface area contributed by atoms with Gasteiger partial charge in [0, 0.05) is 17.8 Å². The molecule has 96 valence electrons. The molecule has 5 N–H and O–H groups in total. The number of aromatic nitrogens is 1. The molecular weight excluding hydrogens is 242 g/mol. The van der Waals surface area contributed by atoms with Gasteiger partial charge in [0.05, 0.1) is 0 Å². The van der Waals surface area contributed by atoms with Gasteiger partial charge in [-0.15, -0.1) is 0 Å². The molecule has 1 aromatic carbocycles. The quantitative estimate of drug-likeness (QED) is 0.739. The van der Waals surface area contributed by atoms with E-state index in [2.05, 4.69) is 15.5 Å². The summed E-state index contributed by atoms with van der Waals surface area (Å²) in [6.07, 6.45) is 3.30. The summed E-state index contributed by atoms with van der Waals surface area (Å²) in [5, 5.41) is 6.76. The molecule has 19 heavy (non-hydrogen) atoms. The standard InChI is InChI=1S/C13H13N5O/c14-12-16-7-6-13(15,17-12)11-8-10(18-19-11)9-4-2-1-3-5-9/h1-8H,15H2,(H3,14,16,17). The summed E-state index contributed by atoms with van der Waals surface area (Å²) < 4.78 is 5.29. The molecule has 2 heterocycles. The summed E-state index contributed by atoms with van der Waals surface area (Å²) in [6, 6.07) is 11.5. The van der Waals surface area contributed by atoms with Crippen LogP contribution in [0.5, 0.6) is 0 Å². The SMILES string of the molecule is NC1=NC(N)(c2cc(-c3ccccc3)no2)C=CN1. The van der Waals surface area contributed by atoms with Crippen molar-refractivity contribution >= 4 is 5.96 Å². The minimum Gasteiger partial charge on any atom is -0.370 e. The molecule has 0 saturated heterocycles. The van der Waals surface area contributed by atoms with Crippen molar-refractivity contribution in [3.8, 4) is 11.3 Å². The highest BCUT2D eigenvalue weighted by Crippen LogP contribution is 2.27. The summed E-state index contributed by atoms with van der Waals surface area (Å²) in [5.74, 6) is 0.676. The third-order valence-corrected chi connectivity index (χ3v) is 2.85. The topological polar surface area (TPSA) is 102 Å². The van der Waals surface area contributed by atoms with Gasteiger partial charge in [0.15, 0.2) is 17.4 Å². The zero-order valence-electron chi connectivity index (χ0n) is 10.1. The predicted molar refractivity (Wildman–Crippen MR) is 71.7 cm³/mol. The third kappa shape index (κ3) is 2.09. The number of hydrogen-bond donors (Lipinski definition) is 3. The van der Waals surface area contributed by atoms with E-state index in [4.69, 9.17) is 16.0 Å². The Morgan fingerprint density at radius 2 is 2.00 bits per heavy atom. The molecule has 1 aliphatic heterocycles. The number of nitrogens with zero attached hydrogens (tertiary/aromatic N) is 2. The molecule has 0 aliphatic carbocycles. The Bertz CT molecular complexity index is 646. The normalized spacial score (nSPS) is 21.8. The van der Waals surface area contributed by atoms with Crippen molar-refractivity contribution in [3.05, 3.63) is 54.4 Å². The molecule has 6 nitrogen and oxygen atoms in total. The number of hydrogen-bond acceptors (Lipinski definition) is 6. The van der Waals surface area contributed by atoms with Gasteiger partial charge in [0.25, 0.3) is 0 Å². The lowest BCUT2D eigenvalue weighted by molar-refractivity contribution is 0.331. The molecule has 0 saturated carbocycles. The number of benzene rings is 1. The number of nitrogens with two attached hydrogens (primary N) is 2. The Morgan fingerprint density at radius 1 is 1.21 bits per heavy atom. The van der Waals surface area contributed by atoms with Crippen molar-refractivity contribution in [2.24, 2.45) is 16.5 Å². The fourth-order valence-electron chi connectivity index (χ4n) is 1.87. The van der Waals surface area contributed by atoms with Crippen LogP contribution in [0.15, 0.2) is 58.2 Å².